The number of carboxylic acids is 2. The van der Waals surface area contributed by atoms with Crippen molar-refractivity contribution in [1.82, 2.24) is 5.32 Å². The first kappa shape index (κ1) is 15.8. The van der Waals surface area contributed by atoms with Gasteiger partial charge in [0.05, 0.1) is 13.5 Å². The zero-order valence-electron chi connectivity index (χ0n) is 11.1. The van der Waals surface area contributed by atoms with Gasteiger partial charge >= 0.3 is 11.9 Å². The summed E-state index contributed by atoms with van der Waals surface area (Å²) in [7, 11) is 1.46. The summed E-state index contributed by atoms with van der Waals surface area (Å²) in [5, 5.41) is 20.0. The largest absolute Gasteiger partial charge is 0.493 e. The number of aliphatic carboxylic acids is 2. The summed E-state index contributed by atoms with van der Waals surface area (Å²) in [6, 6.07) is 5.09. The van der Waals surface area contributed by atoms with Gasteiger partial charge in [0.2, 0.25) is 0 Å². The Labute approximate surface area is 116 Å². The molecule has 0 radical (unpaired) electrons. The maximum atomic E-state index is 10.4. The maximum absolute atomic E-state index is 10.4. The molecular weight excluding hydrogens is 266 g/mol. The van der Waals surface area contributed by atoms with Crippen molar-refractivity contribution >= 4 is 11.9 Å². The second-order valence-electron chi connectivity index (χ2n) is 3.99. The van der Waals surface area contributed by atoms with E-state index in [2.05, 4.69) is 5.32 Å². The van der Waals surface area contributed by atoms with Crippen molar-refractivity contribution in [3.63, 3.8) is 0 Å². The van der Waals surface area contributed by atoms with E-state index in [0.29, 0.717) is 24.6 Å². The molecule has 3 N–H and O–H groups in total. The minimum absolute atomic E-state index is 0.0525. The molecule has 0 spiro atoms. The van der Waals surface area contributed by atoms with Gasteiger partial charge in [0, 0.05) is 13.1 Å². The van der Waals surface area contributed by atoms with Gasteiger partial charge < -0.3 is 25.0 Å². The number of carboxylic acid groups (broad SMARTS) is 2. The van der Waals surface area contributed by atoms with E-state index in [9.17, 15) is 9.59 Å². The van der Waals surface area contributed by atoms with Crippen LogP contribution in [0.4, 0.5) is 0 Å². The molecule has 0 saturated heterocycles. The maximum Gasteiger partial charge on any atom is 0.341 e. The number of hydrogen-bond donors (Lipinski definition) is 3. The Kier molecular flexibility index (Phi) is 6.31. The number of carbonyl (C=O) groups is 2. The van der Waals surface area contributed by atoms with Crippen LogP contribution < -0.4 is 14.8 Å². The lowest BCUT2D eigenvalue weighted by Gasteiger charge is -2.11. The summed E-state index contributed by atoms with van der Waals surface area (Å²) in [4.78, 5) is 20.8. The van der Waals surface area contributed by atoms with Gasteiger partial charge in [0.1, 0.15) is 0 Å². The molecule has 0 saturated carbocycles. The highest BCUT2D eigenvalue weighted by atomic mass is 16.5. The van der Waals surface area contributed by atoms with Gasteiger partial charge in [-0.1, -0.05) is 6.07 Å². The van der Waals surface area contributed by atoms with Gasteiger partial charge in [0.25, 0.3) is 0 Å². The van der Waals surface area contributed by atoms with Crippen LogP contribution in [0.1, 0.15) is 12.0 Å². The van der Waals surface area contributed by atoms with Gasteiger partial charge in [0.15, 0.2) is 18.1 Å². The van der Waals surface area contributed by atoms with Crippen molar-refractivity contribution in [3.05, 3.63) is 23.8 Å². The topological polar surface area (TPSA) is 105 Å². The van der Waals surface area contributed by atoms with E-state index >= 15 is 0 Å². The number of nitrogens with one attached hydrogen (secondary N) is 1. The number of rotatable bonds is 9. The van der Waals surface area contributed by atoms with Gasteiger partial charge in [-0.25, -0.2) is 4.79 Å². The Morgan fingerprint density at radius 3 is 2.55 bits per heavy atom. The average Bonchev–Trinajstić information content (AvgIpc) is 2.41. The lowest BCUT2D eigenvalue weighted by Crippen LogP contribution is -2.17. The monoisotopic (exact) mass is 283 g/mol. The van der Waals surface area contributed by atoms with Gasteiger partial charge in [-0.15, -0.1) is 0 Å². The fourth-order valence-corrected chi connectivity index (χ4v) is 1.51. The zero-order valence-corrected chi connectivity index (χ0v) is 11.1. The predicted octanol–water partition coefficient (Wildman–Crippen LogP) is 0.723. The molecule has 0 unspecified atom stereocenters. The van der Waals surface area contributed by atoms with Crippen LogP contribution in [-0.4, -0.2) is 42.4 Å². The van der Waals surface area contributed by atoms with E-state index < -0.39 is 18.5 Å². The van der Waals surface area contributed by atoms with Crippen molar-refractivity contribution in [1.29, 1.82) is 0 Å². The van der Waals surface area contributed by atoms with Crippen molar-refractivity contribution in [2.75, 3.05) is 20.3 Å². The molecule has 7 heteroatoms. The molecule has 7 nitrogen and oxygen atoms in total. The Bertz CT molecular complexity index is 474. The smallest absolute Gasteiger partial charge is 0.341 e. The molecule has 0 aromatic heterocycles. The minimum Gasteiger partial charge on any atom is -0.493 e. The van der Waals surface area contributed by atoms with Crippen molar-refractivity contribution in [2.24, 2.45) is 0 Å². The molecule has 0 fully saturated rings. The molecule has 0 aliphatic heterocycles. The third-order valence-electron chi connectivity index (χ3n) is 2.42. The number of hydrogen-bond acceptors (Lipinski definition) is 5. The lowest BCUT2D eigenvalue weighted by atomic mass is 10.2. The van der Waals surface area contributed by atoms with E-state index in [0.717, 1.165) is 5.56 Å². The molecule has 0 heterocycles. The molecule has 0 aliphatic rings. The first-order valence-electron chi connectivity index (χ1n) is 5.97. The molecule has 1 aromatic rings. The fraction of sp³-hybridized carbons (Fsp3) is 0.385. The molecule has 1 aromatic carbocycles. The number of methoxy groups -OCH3 is 1. The van der Waals surface area contributed by atoms with Crippen LogP contribution in [0.2, 0.25) is 0 Å². The first-order valence-corrected chi connectivity index (χ1v) is 5.97. The van der Waals surface area contributed by atoms with Crippen LogP contribution in [0.3, 0.4) is 0 Å². The Morgan fingerprint density at radius 1 is 1.20 bits per heavy atom. The molecule has 110 valence electrons. The van der Waals surface area contributed by atoms with E-state index in [1.165, 1.54) is 7.11 Å². The molecule has 1 rings (SSSR count). The highest BCUT2D eigenvalue weighted by Crippen LogP contribution is 2.27. The standard InChI is InChI=1S/C13H17NO6/c1-19-11-6-9(7-14-5-4-12(15)16)2-3-10(11)20-8-13(17)18/h2-3,6,14H,4-5,7-8H2,1H3,(H,15,16)(H,17,18). The van der Waals surface area contributed by atoms with Gasteiger partial charge in [-0.2, -0.15) is 0 Å². The summed E-state index contributed by atoms with van der Waals surface area (Å²) in [5.74, 6) is -1.13. The van der Waals surface area contributed by atoms with Crippen molar-refractivity contribution in [3.8, 4) is 11.5 Å². The summed E-state index contributed by atoms with van der Waals surface area (Å²) >= 11 is 0. The second-order valence-corrected chi connectivity index (χ2v) is 3.99. The quantitative estimate of drug-likeness (QED) is 0.573. The molecular formula is C13H17NO6. The molecule has 0 bridgehead atoms. The van der Waals surface area contributed by atoms with Crippen LogP contribution in [0.15, 0.2) is 18.2 Å². The summed E-state index contributed by atoms with van der Waals surface area (Å²) < 4.78 is 10.2. The van der Waals surface area contributed by atoms with Crippen molar-refractivity contribution < 1.29 is 29.3 Å². The SMILES string of the molecule is COc1cc(CNCCC(=O)O)ccc1OCC(=O)O. The highest BCUT2D eigenvalue weighted by Gasteiger charge is 2.07. The average molecular weight is 283 g/mol. The Morgan fingerprint density at radius 2 is 1.95 bits per heavy atom. The van der Waals surface area contributed by atoms with Crippen LogP contribution in [0.25, 0.3) is 0 Å². The Hall–Kier alpha value is -2.28. The van der Waals surface area contributed by atoms with E-state index in [-0.39, 0.29) is 6.42 Å². The first-order chi connectivity index (χ1) is 9.52. The van der Waals surface area contributed by atoms with Gasteiger partial charge in [-0.05, 0) is 17.7 Å². The number of ether oxygens (including phenoxy) is 2. The molecule has 0 atom stereocenters. The summed E-state index contributed by atoms with van der Waals surface area (Å²) in [6.45, 7) is 0.421. The van der Waals surface area contributed by atoms with Gasteiger partial charge in [-0.3, -0.25) is 4.79 Å². The molecule has 0 amide bonds. The van der Waals surface area contributed by atoms with Crippen LogP contribution in [0.5, 0.6) is 11.5 Å². The molecule has 0 aliphatic carbocycles. The third-order valence-corrected chi connectivity index (χ3v) is 2.42. The van der Waals surface area contributed by atoms with E-state index in [4.69, 9.17) is 19.7 Å². The summed E-state index contributed by atoms with van der Waals surface area (Å²) in [5.41, 5.74) is 0.884. The molecule has 20 heavy (non-hydrogen) atoms. The highest BCUT2D eigenvalue weighted by molar-refractivity contribution is 5.68. The fourth-order valence-electron chi connectivity index (χ4n) is 1.51. The minimum atomic E-state index is -1.06. The predicted molar refractivity (Wildman–Crippen MR) is 70.1 cm³/mol. The van der Waals surface area contributed by atoms with Crippen LogP contribution in [0, 0.1) is 0 Å². The normalized spacial score (nSPS) is 10.1. The third kappa shape index (κ3) is 5.57. The lowest BCUT2D eigenvalue weighted by molar-refractivity contribution is -0.139. The van der Waals surface area contributed by atoms with E-state index in [1.807, 2.05) is 0 Å². The Balaban J connectivity index is 2.57. The van der Waals surface area contributed by atoms with Crippen molar-refractivity contribution in [2.45, 2.75) is 13.0 Å². The number of benzene rings is 1. The van der Waals surface area contributed by atoms with E-state index in [1.54, 1.807) is 18.2 Å². The van der Waals surface area contributed by atoms with Crippen LogP contribution >= 0.6 is 0 Å². The second kappa shape index (κ2) is 8.00. The van der Waals surface area contributed by atoms with Crippen LogP contribution in [-0.2, 0) is 16.1 Å². The zero-order chi connectivity index (χ0) is 15.0. The summed E-state index contributed by atoms with van der Waals surface area (Å²) in [6.07, 6.45) is 0.0525.